The maximum Gasteiger partial charge on any atom is 0.241 e. The summed E-state index contributed by atoms with van der Waals surface area (Å²) >= 11 is 0. The molecular weight excluding hydrogens is 154 g/mol. The lowest BCUT2D eigenvalue weighted by atomic mass is 9.96. The molecule has 1 rings (SSSR count). The van der Waals surface area contributed by atoms with E-state index in [1.54, 1.807) is 7.05 Å². The zero-order valence-corrected chi connectivity index (χ0v) is 7.98. The largest absolute Gasteiger partial charge is 0.358 e. The Kier molecular flexibility index (Phi) is 2.69. The molecule has 70 valence electrons. The molecule has 0 radical (unpaired) electrons. The van der Waals surface area contributed by atoms with Gasteiger partial charge < -0.3 is 10.6 Å². The van der Waals surface area contributed by atoms with E-state index in [0.29, 0.717) is 0 Å². The van der Waals surface area contributed by atoms with Crippen LogP contribution in [-0.2, 0) is 4.79 Å². The van der Waals surface area contributed by atoms with Gasteiger partial charge in [0, 0.05) is 13.6 Å². The van der Waals surface area contributed by atoms with Crippen molar-refractivity contribution < 1.29 is 4.79 Å². The molecule has 0 aliphatic carbocycles. The molecule has 1 unspecified atom stereocenters. The van der Waals surface area contributed by atoms with Crippen LogP contribution in [0.3, 0.4) is 0 Å². The fourth-order valence-electron chi connectivity index (χ4n) is 1.69. The standard InChI is InChI=1S/C8H17N3O/c1-9-7(12)8(11(2)3)4-5-10-6-8/h10H,4-6H2,1-3H3,(H,9,12). The summed E-state index contributed by atoms with van der Waals surface area (Å²) < 4.78 is 0. The Labute approximate surface area is 73.3 Å². The van der Waals surface area contributed by atoms with Gasteiger partial charge in [-0.2, -0.15) is 0 Å². The summed E-state index contributed by atoms with van der Waals surface area (Å²) in [6.45, 7) is 1.67. The van der Waals surface area contributed by atoms with Gasteiger partial charge >= 0.3 is 0 Å². The first-order chi connectivity index (χ1) is 5.63. The van der Waals surface area contributed by atoms with E-state index in [4.69, 9.17) is 0 Å². The first-order valence-electron chi connectivity index (χ1n) is 4.24. The average Bonchev–Trinajstić information content (AvgIpc) is 2.52. The van der Waals surface area contributed by atoms with Gasteiger partial charge in [0.15, 0.2) is 0 Å². The zero-order chi connectivity index (χ0) is 9.19. The van der Waals surface area contributed by atoms with Crippen LogP contribution in [0.1, 0.15) is 6.42 Å². The Morgan fingerprint density at radius 3 is 2.58 bits per heavy atom. The monoisotopic (exact) mass is 171 g/mol. The van der Waals surface area contributed by atoms with Crippen molar-refractivity contribution in [2.45, 2.75) is 12.0 Å². The van der Waals surface area contributed by atoms with E-state index >= 15 is 0 Å². The molecule has 1 fully saturated rings. The second-order valence-corrected chi connectivity index (χ2v) is 3.43. The van der Waals surface area contributed by atoms with Gasteiger partial charge in [-0.25, -0.2) is 0 Å². The minimum Gasteiger partial charge on any atom is -0.358 e. The summed E-state index contributed by atoms with van der Waals surface area (Å²) in [6, 6.07) is 0. The molecule has 4 nitrogen and oxygen atoms in total. The second-order valence-electron chi connectivity index (χ2n) is 3.43. The molecule has 1 aliphatic heterocycles. The van der Waals surface area contributed by atoms with Gasteiger partial charge in [0.1, 0.15) is 5.54 Å². The van der Waals surface area contributed by atoms with Crippen LogP contribution in [-0.4, -0.2) is 50.6 Å². The SMILES string of the molecule is CNC(=O)C1(N(C)C)CCNC1. The Balaban J connectivity index is 2.78. The third-order valence-corrected chi connectivity index (χ3v) is 2.64. The first kappa shape index (κ1) is 9.48. The van der Waals surface area contributed by atoms with E-state index < -0.39 is 0 Å². The van der Waals surface area contributed by atoms with Crippen LogP contribution in [0.5, 0.6) is 0 Å². The summed E-state index contributed by atoms with van der Waals surface area (Å²) in [5.41, 5.74) is -0.325. The van der Waals surface area contributed by atoms with Crippen molar-refractivity contribution in [3.8, 4) is 0 Å². The van der Waals surface area contributed by atoms with Crippen LogP contribution < -0.4 is 10.6 Å². The Morgan fingerprint density at radius 2 is 2.25 bits per heavy atom. The molecule has 1 heterocycles. The maximum absolute atomic E-state index is 11.6. The predicted octanol–water partition coefficient (Wildman–Crippen LogP) is -0.974. The minimum atomic E-state index is -0.325. The van der Waals surface area contributed by atoms with Crippen molar-refractivity contribution >= 4 is 5.91 Å². The van der Waals surface area contributed by atoms with Crippen molar-refractivity contribution in [2.24, 2.45) is 0 Å². The fourth-order valence-corrected chi connectivity index (χ4v) is 1.69. The quantitative estimate of drug-likeness (QED) is 0.561. The second kappa shape index (κ2) is 3.41. The molecule has 1 atom stereocenters. The number of carbonyl (C=O) groups is 1. The molecule has 0 aromatic rings. The van der Waals surface area contributed by atoms with Crippen molar-refractivity contribution in [3.05, 3.63) is 0 Å². The molecule has 0 aromatic carbocycles. The maximum atomic E-state index is 11.6. The van der Waals surface area contributed by atoms with Gasteiger partial charge in [0.25, 0.3) is 0 Å². The highest BCUT2D eigenvalue weighted by Gasteiger charge is 2.42. The summed E-state index contributed by atoms with van der Waals surface area (Å²) in [7, 11) is 5.58. The molecule has 4 heteroatoms. The van der Waals surface area contributed by atoms with Crippen LogP contribution in [0.15, 0.2) is 0 Å². The smallest absolute Gasteiger partial charge is 0.241 e. The number of nitrogens with one attached hydrogen (secondary N) is 2. The molecule has 1 aliphatic rings. The highest BCUT2D eigenvalue weighted by Crippen LogP contribution is 2.20. The summed E-state index contributed by atoms with van der Waals surface area (Å²) in [5, 5.41) is 5.92. The van der Waals surface area contributed by atoms with Crippen LogP contribution in [0.25, 0.3) is 0 Å². The third-order valence-electron chi connectivity index (χ3n) is 2.64. The first-order valence-corrected chi connectivity index (χ1v) is 4.24. The van der Waals surface area contributed by atoms with Crippen LogP contribution >= 0.6 is 0 Å². The van der Waals surface area contributed by atoms with Gasteiger partial charge in [-0.05, 0) is 27.1 Å². The van der Waals surface area contributed by atoms with Gasteiger partial charge in [0.05, 0.1) is 0 Å². The number of hydrogen-bond donors (Lipinski definition) is 2. The number of rotatable bonds is 2. The lowest BCUT2D eigenvalue weighted by molar-refractivity contribution is -0.130. The van der Waals surface area contributed by atoms with E-state index in [0.717, 1.165) is 19.5 Å². The molecule has 1 amide bonds. The van der Waals surface area contributed by atoms with Gasteiger partial charge in [-0.3, -0.25) is 9.69 Å². The molecule has 0 spiro atoms. The van der Waals surface area contributed by atoms with Crippen molar-refractivity contribution in [1.29, 1.82) is 0 Å². The van der Waals surface area contributed by atoms with Gasteiger partial charge in [-0.1, -0.05) is 0 Å². The van der Waals surface area contributed by atoms with E-state index in [1.807, 2.05) is 19.0 Å². The van der Waals surface area contributed by atoms with Crippen molar-refractivity contribution in [1.82, 2.24) is 15.5 Å². The number of likely N-dealkylation sites (N-methyl/N-ethyl adjacent to an activating group) is 2. The highest BCUT2D eigenvalue weighted by atomic mass is 16.2. The molecule has 0 bridgehead atoms. The molecular formula is C8H17N3O. The van der Waals surface area contributed by atoms with E-state index in [1.165, 1.54) is 0 Å². The summed E-state index contributed by atoms with van der Waals surface area (Å²) in [4.78, 5) is 13.6. The number of nitrogens with zero attached hydrogens (tertiary/aromatic N) is 1. The van der Waals surface area contributed by atoms with Crippen molar-refractivity contribution in [3.63, 3.8) is 0 Å². The van der Waals surface area contributed by atoms with E-state index in [-0.39, 0.29) is 11.4 Å². The normalized spacial score (nSPS) is 29.3. The molecule has 0 aromatic heterocycles. The van der Waals surface area contributed by atoms with Gasteiger partial charge in [-0.15, -0.1) is 0 Å². The van der Waals surface area contributed by atoms with E-state index in [2.05, 4.69) is 10.6 Å². The topological polar surface area (TPSA) is 44.4 Å². The molecule has 0 saturated carbocycles. The van der Waals surface area contributed by atoms with Crippen LogP contribution in [0.4, 0.5) is 0 Å². The zero-order valence-electron chi connectivity index (χ0n) is 7.98. The summed E-state index contributed by atoms with van der Waals surface area (Å²) in [5.74, 6) is 0.109. The van der Waals surface area contributed by atoms with Crippen LogP contribution in [0, 0.1) is 0 Å². The minimum absolute atomic E-state index is 0.109. The number of amides is 1. The summed E-state index contributed by atoms with van der Waals surface area (Å²) in [6.07, 6.45) is 0.889. The number of hydrogen-bond acceptors (Lipinski definition) is 3. The predicted molar refractivity (Wildman–Crippen MR) is 48.0 cm³/mol. The Hall–Kier alpha value is -0.610. The van der Waals surface area contributed by atoms with Crippen LogP contribution in [0.2, 0.25) is 0 Å². The van der Waals surface area contributed by atoms with Crippen molar-refractivity contribution in [2.75, 3.05) is 34.2 Å². The lowest BCUT2D eigenvalue weighted by Crippen LogP contribution is -2.56. The highest BCUT2D eigenvalue weighted by molar-refractivity contribution is 5.86. The average molecular weight is 171 g/mol. The Bertz CT molecular complexity index is 173. The molecule has 2 N–H and O–H groups in total. The lowest BCUT2D eigenvalue weighted by Gasteiger charge is -2.33. The van der Waals surface area contributed by atoms with Gasteiger partial charge in [0.2, 0.25) is 5.91 Å². The third kappa shape index (κ3) is 1.32. The molecule has 1 saturated heterocycles. The molecule has 12 heavy (non-hydrogen) atoms. The Morgan fingerprint density at radius 1 is 1.58 bits per heavy atom. The van der Waals surface area contributed by atoms with E-state index in [9.17, 15) is 4.79 Å². The number of carbonyl (C=O) groups excluding carboxylic acids is 1. The fraction of sp³-hybridized carbons (Fsp3) is 0.875.